The molecular weight excluding hydrogens is 468 g/mol. The number of aryl methyl sites for hydroxylation is 2. The van der Waals surface area contributed by atoms with Gasteiger partial charge in [-0.3, -0.25) is 0 Å². The summed E-state index contributed by atoms with van der Waals surface area (Å²) in [5, 5.41) is 3.33. The Bertz CT molecular complexity index is 1340. The fraction of sp³-hybridized carbons (Fsp3) is 0.308. The zero-order valence-corrected chi connectivity index (χ0v) is 21.0. The van der Waals surface area contributed by atoms with Crippen molar-refractivity contribution >= 4 is 19.9 Å². The molecule has 3 aromatic carbocycles. The highest BCUT2D eigenvalue weighted by molar-refractivity contribution is 7.92. The molecule has 8 heteroatoms. The van der Waals surface area contributed by atoms with E-state index in [4.69, 9.17) is 0 Å². The first-order valence-electron chi connectivity index (χ1n) is 11.3. The maximum Gasteiger partial charge on any atom is 0.243 e. The van der Waals surface area contributed by atoms with Crippen LogP contribution in [0.25, 0.3) is 0 Å². The maximum absolute atomic E-state index is 14.0. The zero-order chi connectivity index (χ0) is 24.3. The molecule has 2 atom stereocenters. The first kappa shape index (κ1) is 24.6. The van der Waals surface area contributed by atoms with Crippen molar-refractivity contribution in [1.29, 1.82) is 0 Å². The van der Waals surface area contributed by atoms with E-state index in [9.17, 15) is 16.8 Å². The molecule has 1 N–H and O–H groups in total. The number of nitrogens with zero attached hydrogens (tertiary/aromatic N) is 1. The largest absolute Gasteiger partial charge is 0.307 e. The molecule has 1 heterocycles. The third-order valence-electron chi connectivity index (χ3n) is 6.20. The van der Waals surface area contributed by atoms with Crippen molar-refractivity contribution in [2.45, 2.75) is 43.9 Å². The van der Waals surface area contributed by atoms with Gasteiger partial charge in [0.1, 0.15) is 0 Å². The van der Waals surface area contributed by atoms with E-state index in [0.717, 1.165) is 16.7 Å². The Morgan fingerprint density at radius 2 is 1.50 bits per heavy atom. The molecule has 180 valence electrons. The Hall–Kier alpha value is -2.52. The van der Waals surface area contributed by atoms with Gasteiger partial charge in [-0.05, 0) is 36.6 Å². The van der Waals surface area contributed by atoms with Crippen molar-refractivity contribution in [1.82, 2.24) is 9.62 Å². The van der Waals surface area contributed by atoms with Crippen LogP contribution in [0, 0.1) is 13.8 Å². The highest BCUT2D eigenvalue weighted by Crippen LogP contribution is 2.29. The lowest BCUT2D eigenvalue weighted by Crippen LogP contribution is -2.51. The summed E-state index contributed by atoms with van der Waals surface area (Å²) in [6.07, 6.45) is 0. The maximum atomic E-state index is 14.0. The molecule has 0 radical (unpaired) electrons. The third-order valence-corrected chi connectivity index (χ3v) is 9.95. The van der Waals surface area contributed by atoms with Crippen LogP contribution >= 0.6 is 0 Å². The quantitative estimate of drug-likeness (QED) is 0.514. The molecule has 0 aliphatic carbocycles. The molecule has 6 nitrogen and oxygen atoms in total. The van der Waals surface area contributed by atoms with Crippen molar-refractivity contribution in [2.24, 2.45) is 0 Å². The molecule has 0 bridgehead atoms. The number of hydrogen-bond donors (Lipinski definition) is 1. The van der Waals surface area contributed by atoms with E-state index in [0.29, 0.717) is 12.1 Å². The Labute approximate surface area is 202 Å². The van der Waals surface area contributed by atoms with Crippen molar-refractivity contribution in [3.63, 3.8) is 0 Å². The predicted octanol–water partition coefficient (Wildman–Crippen LogP) is 3.45. The standard InChI is InChI=1S/C26H30N2O4S2/c1-20-13-14-26(21(2)15-20)34(31,32)28(17-23-11-7-4-8-12-23)25-19-33(29,30)18-24(25)27-16-22-9-5-3-6-10-22/h3-15,24-25,27H,16-19H2,1-2H3/t24-,25+/m1/s1. The Morgan fingerprint density at radius 3 is 2.12 bits per heavy atom. The summed E-state index contributed by atoms with van der Waals surface area (Å²) in [4.78, 5) is 0.208. The second-order valence-corrected chi connectivity index (χ2v) is 12.9. The van der Waals surface area contributed by atoms with E-state index in [1.54, 1.807) is 19.1 Å². The fourth-order valence-electron chi connectivity index (χ4n) is 4.51. The summed E-state index contributed by atoms with van der Waals surface area (Å²) < 4.78 is 54.8. The smallest absolute Gasteiger partial charge is 0.243 e. The van der Waals surface area contributed by atoms with Gasteiger partial charge in [0.05, 0.1) is 22.4 Å². The fourth-order valence-corrected chi connectivity index (χ4v) is 8.42. The highest BCUT2D eigenvalue weighted by Gasteiger charge is 2.45. The van der Waals surface area contributed by atoms with Crippen LogP contribution < -0.4 is 5.32 Å². The average molecular weight is 499 g/mol. The summed E-state index contributed by atoms with van der Waals surface area (Å²) in [6, 6.07) is 23.0. The summed E-state index contributed by atoms with van der Waals surface area (Å²) >= 11 is 0. The molecule has 0 aromatic heterocycles. The Balaban J connectivity index is 1.73. The van der Waals surface area contributed by atoms with Crippen LogP contribution in [0.1, 0.15) is 22.3 Å². The molecule has 0 amide bonds. The van der Waals surface area contributed by atoms with Crippen LogP contribution in [-0.4, -0.2) is 44.7 Å². The number of benzene rings is 3. The van der Waals surface area contributed by atoms with Crippen LogP contribution in [0.3, 0.4) is 0 Å². The van der Waals surface area contributed by atoms with Crippen LogP contribution in [0.5, 0.6) is 0 Å². The lowest BCUT2D eigenvalue weighted by atomic mass is 10.1. The normalized spacial score (nSPS) is 20.0. The van der Waals surface area contributed by atoms with Gasteiger partial charge < -0.3 is 5.32 Å². The number of sulfonamides is 1. The van der Waals surface area contributed by atoms with Crippen LogP contribution in [0.4, 0.5) is 0 Å². The topological polar surface area (TPSA) is 83.6 Å². The van der Waals surface area contributed by atoms with E-state index in [1.807, 2.05) is 73.7 Å². The second kappa shape index (κ2) is 10.00. The first-order valence-corrected chi connectivity index (χ1v) is 14.5. The molecule has 0 unspecified atom stereocenters. The van der Waals surface area contributed by atoms with Gasteiger partial charge in [-0.2, -0.15) is 4.31 Å². The number of sulfone groups is 1. The zero-order valence-electron chi connectivity index (χ0n) is 19.4. The van der Waals surface area contributed by atoms with E-state index in [1.165, 1.54) is 4.31 Å². The van der Waals surface area contributed by atoms with Gasteiger partial charge in [-0.25, -0.2) is 16.8 Å². The van der Waals surface area contributed by atoms with Gasteiger partial charge in [0, 0.05) is 19.1 Å². The van der Waals surface area contributed by atoms with Crippen LogP contribution in [0.15, 0.2) is 83.8 Å². The van der Waals surface area contributed by atoms with Crippen molar-refractivity contribution in [3.8, 4) is 0 Å². The van der Waals surface area contributed by atoms with Gasteiger partial charge in [-0.1, -0.05) is 78.4 Å². The van der Waals surface area contributed by atoms with Crippen LogP contribution in [0.2, 0.25) is 0 Å². The molecule has 1 aliphatic rings. The minimum absolute atomic E-state index is 0.0974. The summed E-state index contributed by atoms with van der Waals surface area (Å²) in [5.74, 6) is -0.311. The number of nitrogens with one attached hydrogen (secondary N) is 1. The van der Waals surface area contributed by atoms with Crippen LogP contribution in [-0.2, 0) is 33.0 Å². The summed E-state index contributed by atoms with van der Waals surface area (Å²) in [6.45, 7) is 4.25. The molecule has 0 saturated carbocycles. The van der Waals surface area contributed by atoms with E-state index in [-0.39, 0.29) is 22.9 Å². The summed E-state index contributed by atoms with van der Waals surface area (Å²) in [7, 11) is -7.38. The van der Waals surface area contributed by atoms with Gasteiger partial charge in [-0.15, -0.1) is 0 Å². The minimum atomic E-state index is -3.97. The Morgan fingerprint density at radius 1 is 0.882 bits per heavy atom. The van der Waals surface area contributed by atoms with Gasteiger partial charge in [0.15, 0.2) is 9.84 Å². The van der Waals surface area contributed by atoms with E-state index < -0.39 is 31.9 Å². The first-order chi connectivity index (χ1) is 16.2. The third kappa shape index (κ3) is 5.58. The van der Waals surface area contributed by atoms with E-state index in [2.05, 4.69) is 5.32 Å². The Kier molecular flexibility index (Phi) is 7.23. The molecule has 4 rings (SSSR count). The van der Waals surface area contributed by atoms with Crippen molar-refractivity contribution < 1.29 is 16.8 Å². The van der Waals surface area contributed by atoms with Crippen molar-refractivity contribution in [2.75, 3.05) is 11.5 Å². The monoisotopic (exact) mass is 498 g/mol. The molecular formula is C26H30N2O4S2. The van der Waals surface area contributed by atoms with Gasteiger partial charge in [0.2, 0.25) is 10.0 Å². The predicted molar refractivity (Wildman–Crippen MR) is 135 cm³/mol. The average Bonchev–Trinajstić information content (AvgIpc) is 3.11. The lowest BCUT2D eigenvalue weighted by molar-refractivity contribution is 0.286. The molecule has 1 fully saturated rings. The molecule has 1 aliphatic heterocycles. The summed E-state index contributed by atoms with van der Waals surface area (Å²) in [5.41, 5.74) is 3.43. The SMILES string of the molecule is Cc1ccc(S(=O)(=O)N(Cc2ccccc2)[C@H]2CS(=O)(=O)C[C@H]2NCc2ccccc2)c(C)c1. The highest BCUT2D eigenvalue weighted by atomic mass is 32.2. The lowest BCUT2D eigenvalue weighted by Gasteiger charge is -2.32. The molecule has 34 heavy (non-hydrogen) atoms. The van der Waals surface area contributed by atoms with Gasteiger partial charge in [0.25, 0.3) is 0 Å². The number of rotatable bonds is 8. The van der Waals surface area contributed by atoms with Crippen molar-refractivity contribution in [3.05, 3.63) is 101 Å². The molecule has 1 saturated heterocycles. The molecule has 3 aromatic rings. The molecule has 0 spiro atoms. The number of hydrogen-bond acceptors (Lipinski definition) is 5. The van der Waals surface area contributed by atoms with E-state index >= 15 is 0 Å². The minimum Gasteiger partial charge on any atom is -0.307 e. The van der Waals surface area contributed by atoms with Gasteiger partial charge >= 0.3 is 0 Å². The second-order valence-electron chi connectivity index (χ2n) is 8.92.